The highest BCUT2D eigenvalue weighted by Crippen LogP contribution is 2.21. The van der Waals surface area contributed by atoms with E-state index in [4.69, 9.17) is 5.11 Å². The highest BCUT2D eigenvalue weighted by Gasteiger charge is 2.21. The predicted octanol–water partition coefficient (Wildman–Crippen LogP) is 1.75. The van der Waals surface area contributed by atoms with E-state index in [1.165, 1.54) is 18.2 Å². The minimum atomic E-state index is -1.14. The monoisotopic (exact) mass is 280 g/mol. The lowest BCUT2D eigenvalue weighted by atomic mass is 10.1. The number of carboxylic acid groups (broad SMARTS) is 1. The standard InChI is InChI=1S/C13H16N2O5/c1-3-8-5-6-9(7-11(8)15(19)20)12(16)14-10(4-2)13(17)18/h5-7,10H,3-4H2,1-2H3,(H,14,16)(H,17,18). The molecule has 20 heavy (non-hydrogen) atoms. The molecule has 0 bridgehead atoms. The number of nitrogens with one attached hydrogen (secondary N) is 1. The fourth-order valence-electron chi connectivity index (χ4n) is 1.75. The molecule has 0 aliphatic heterocycles. The maximum atomic E-state index is 11.9. The van der Waals surface area contributed by atoms with Crippen LogP contribution in [0.25, 0.3) is 0 Å². The van der Waals surface area contributed by atoms with Crippen molar-refractivity contribution in [1.29, 1.82) is 0 Å². The number of benzene rings is 1. The quantitative estimate of drug-likeness (QED) is 0.609. The molecule has 0 spiro atoms. The average Bonchev–Trinajstić information content (AvgIpc) is 2.43. The van der Waals surface area contributed by atoms with Crippen LogP contribution in [0.15, 0.2) is 18.2 Å². The topological polar surface area (TPSA) is 110 Å². The lowest BCUT2D eigenvalue weighted by Crippen LogP contribution is -2.40. The Morgan fingerprint density at radius 2 is 2.05 bits per heavy atom. The van der Waals surface area contributed by atoms with Gasteiger partial charge in [0.2, 0.25) is 0 Å². The number of carbonyl (C=O) groups excluding carboxylic acids is 1. The molecule has 1 aromatic carbocycles. The van der Waals surface area contributed by atoms with Crippen molar-refractivity contribution in [2.24, 2.45) is 0 Å². The summed E-state index contributed by atoms with van der Waals surface area (Å²) in [6, 6.07) is 3.13. The molecule has 0 aliphatic rings. The Morgan fingerprint density at radius 1 is 1.40 bits per heavy atom. The summed E-state index contributed by atoms with van der Waals surface area (Å²) in [7, 11) is 0. The molecule has 1 aromatic rings. The van der Waals surface area contributed by atoms with E-state index in [1.807, 2.05) is 0 Å². The van der Waals surface area contributed by atoms with Crippen LogP contribution in [0.5, 0.6) is 0 Å². The van der Waals surface area contributed by atoms with Gasteiger partial charge < -0.3 is 10.4 Å². The van der Waals surface area contributed by atoms with Crippen molar-refractivity contribution in [3.63, 3.8) is 0 Å². The molecule has 1 rings (SSSR count). The zero-order valence-corrected chi connectivity index (χ0v) is 11.3. The van der Waals surface area contributed by atoms with E-state index in [0.717, 1.165) is 0 Å². The summed E-state index contributed by atoms with van der Waals surface area (Å²) < 4.78 is 0. The van der Waals surface area contributed by atoms with Crippen LogP contribution in [-0.4, -0.2) is 27.9 Å². The molecule has 1 amide bonds. The summed E-state index contributed by atoms with van der Waals surface area (Å²) in [6.45, 7) is 3.40. The fourth-order valence-corrected chi connectivity index (χ4v) is 1.75. The van der Waals surface area contributed by atoms with Gasteiger partial charge in [-0.3, -0.25) is 14.9 Å². The van der Waals surface area contributed by atoms with Crippen LogP contribution in [0.3, 0.4) is 0 Å². The van der Waals surface area contributed by atoms with Crippen molar-refractivity contribution in [3.8, 4) is 0 Å². The third kappa shape index (κ3) is 3.53. The van der Waals surface area contributed by atoms with Gasteiger partial charge in [-0.25, -0.2) is 4.79 Å². The van der Waals surface area contributed by atoms with Gasteiger partial charge in [-0.15, -0.1) is 0 Å². The largest absolute Gasteiger partial charge is 0.480 e. The van der Waals surface area contributed by atoms with Gasteiger partial charge >= 0.3 is 5.97 Å². The lowest BCUT2D eigenvalue weighted by Gasteiger charge is -2.12. The lowest BCUT2D eigenvalue weighted by molar-refractivity contribution is -0.385. The van der Waals surface area contributed by atoms with Crippen molar-refractivity contribution in [2.45, 2.75) is 32.7 Å². The smallest absolute Gasteiger partial charge is 0.326 e. The second kappa shape index (κ2) is 6.65. The Hall–Kier alpha value is -2.44. The van der Waals surface area contributed by atoms with Crippen molar-refractivity contribution in [1.82, 2.24) is 5.32 Å². The van der Waals surface area contributed by atoms with Gasteiger partial charge in [-0.05, 0) is 18.9 Å². The normalized spacial score (nSPS) is 11.7. The van der Waals surface area contributed by atoms with Crippen LogP contribution in [0.2, 0.25) is 0 Å². The molecule has 0 fully saturated rings. The predicted molar refractivity (Wildman–Crippen MR) is 71.7 cm³/mol. The first-order chi connectivity index (χ1) is 9.40. The van der Waals surface area contributed by atoms with Crippen LogP contribution < -0.4 is 5.32 Å². The first kappa shape index (κ1) is 15.6. The molecule has 1 unspecified atom stereocenters. The van der Waals surface area contributed by atoms with Crippen LogP contribution in [-0.2, 0) is 11.2 Å². The molecule has 0 aliphatic carbocycles. The van der Waals surface area contributed by atoms with Crippen molar-refractivity contribution in [2.75, 3.05) is 0 Å². The Balaban J connectivity index is 3.02. The number of hydrogen-bond acceptors (Lipinski definition) is 4. The third-order valence-electron chi connectivity index (χ3n) is 2.94. The number of nitro benzene ring substituents is 1. The van der Waals surface area contributed by atoms with E-state index < -0.39 is 22.8 Å². The SMILES string of the molecule is CCc1ccc(C(=O)NC(CC)C(=O)O)cc1[N+](=O)[O-]. The molecule has 7 heteroatoms. The number of hydrogen-bond donors (Lipinski definition) is 2. The van der Waals surface area contributed by atoms with Gasteiger partial charge in [0.25, 0.3) is 11.6 Å². The molecule has 1 atom stereocenters. The van der Waals surface area contributed by atoms with E-state index in [1.54, 1.807) is 13.8 Å². The minimum Gasteiger partial charge on any atom is -0.480 e. The van der Waals surface area contributed by atoms with E-state index in [2.05, 4.69) is 5.32 Å². The maximum absolute atomic E-state index is 11.9. The van der Waals surface area contributed by atoms with E-state index >= 15 is 0 Å². The Labute approximate surface area is 115 Å². The molecule has 0 saturated carbocycles. The maximum Gasteiger partial charge on any atom is 0.326 e. The Morgan fingerprint density at radius 3 is 2.50 bits per heavy atom. The van der Waals surface area contributed by atoms with E-state index in [0.29, 0.717) is 12.0 Å². The van der Waals surface area contributed by atoms with Crippen molar-refractivity contribution in [3.05, 3.63) is 39.4 Å². The summed E-state index contributed by atoms with van der Waals surface area (Å²) in [5.41, 5.74) is 0.467. The van der Waals surface area contributed by atoms with Crippen LogP contribution >= 0.6 is 0 Å². The highest BCUT2D eigenvalue weighted by atomic mass is 16.6. The Kier molecular flexibility index (Phi) is 5.19. The molecular weight excluding hydrogens is 264 g/mol. The van der Waals surface area contributed by atoms with Gasteiger partial charge in [0, 0.05) is 17.2 Å². The summed E-state index contributed by atoms with van der Waals surface area (Å²) in [5.74, 6) is -1.77. The van der Waals surface area contributed by atoms with Crippen molar-refractivity contribution < 1.29 is 19.6 Å². The molecule has 0 heterocycles. The van der Waals surface area contributed by atoms with Gasteiger partial charge in [0.15, 0.2) is 0 Å². The number of rotatable bonds is 6. The van der Waals surface area contributed by atoms with Crippen LogP contribution in [0.4, 0.5) is 5.69 Å². The number of carboxylic acids is 1. The van der Waals surface area contributed by atoms with E-state index in [-0.39, 0.29) is 17.7 Å². The van der Waals surface area contributed by atoms with Crippen molar-refractivity contribution >= 4 is 17.6 Å². The zero-order chi connectivity index (χ0) is 15.3. The second-order valence-electron chi connectivity index (χ2n) is 4.23. The summed E-state index contributed by atoms with van der Waals surface area (Å²) in [5, 5.41) is 22.1. The molecular formula is C13H16N2O5. The van der Waals surface area contributed by atoms with Gasteiger partial charge in [-0.2, -0.15) is 0 Å². The number of nitrogens with zero attached hydrogens (tertiary/aromatic N) is 1. The average molecular weight is 280 g/mol. The second-order valence-corrected chi connectivity index (χ2v) is 4.23. The Bertz CT molecular complexity index is 542. The van der Waals surface area contributed by atoms with Gasteiger partial charge in [-0.1, -0.05) is 19.9 Å². The molecule has 108 valence electrons. The zero-order valence-electron chi connectivity index (χ0n) is 11.3. The summed E-state index contributed by atoms with van der Waals surface area (Å²) >= 11 is 0. The number of aliphatic carboxylic acids is 1. The number of carbonyl (C=O) groups is 2. The number of aryl methyl sites for hydroxylation is 1. The summed E-state index contributed by atoms with van der Waals surface area (Å²) in [4.78, 5) is 33.1. The molecule has 7 nitrogen and oxygen atoms in total. The van der Waals surface area contributed by atoms with E-state index in [9.17, 15) is 19.7 Å². The first-order valence-corrected chi connectivity index (χ1v) is 6.21. The fraction of sp³-hybridized carbons (Fsp3) is 0.385. The number of nitro groups is 1. The molecule has 0 saturated heterocycles. The van der Waals surface area contributed by atoms with Gasteiger partial charge in [0.1, 0.15) is 6.04 Å². The summed E-state index contributed by atoms with van der Waals surface area (Å²) in [6.07, 6.45) is 0.709. The van der Waals surface area contributed by atoms with Crippen LogP contribution in [0, 0.1) is 10.1 Å². The minimum absolute atomic E-state index is 0.0774. The first-order valence-electron chi connectivity index (χ1n) is 6.21. The van der Waals surface area contributed by atoms with Gasteiger partial charge in [0.05, 0.1) is 4.92 Å². The molecule has 0 aromatic heterocycles. The molecule has 2 N–H and O–H groups in total. The molecule has 0 radical (unpaired) electrons. The number of amides is 1. The van der Waals surface area contributed by atoms with Crippen LogP contribution in [0.1, 0.15) is 36.2 Å². The third-order valence-corrected chi connectivity index (χ3v) is 2.94. The highest BCUT2D eigenvalue weighted by molar-refractivity contribution is 5.97.